The van der Waals surface area contributed by atoms with Gasteiger partial charge in [-0.15, -0.1) is 0 Å². The second-order valence-electron chi connectivity index (χ2n) is 5.80. The van der Waals surface area contributed by atoms with Gasteiger partial charge in [0.05, 0.1) is 5.56 Å². The fourth-order valence-corrected chi connectivity index (χ4v) is 3.01. The zero-order valence-electron chi connectivity index (χ0n) is 12.3. The molecule has 0 spiro atoms. The lowest BCUT2D eigenvalue weighted by Gasteiger charge is -2.11. The third-order valence-corrected chi connectivity index (χ3v) is 4.23. The van der Waals surface area contributed by atoms with Gasteiger partial charge in [0, 0.05) is 11.4 Å². The van der Waals surface area contributed by atoms with Gasteiger partial charge in [-0.05, 0) is 54.7 Å². The summed E-state index contributed by atoms with van der Waals surface area (Å²) in [6, 6.07) is 11.8. The maximum absolute atomic E-state index is 13.7. The van der Waals surface area contributed by atoms with Crippen LogP contribution < -0.4 is 11.1 Å². The molecular weight excluding hydrogens is 279 g/mol. The van der Waals surface area contributed by atoms with Crippen molar-refractivity contribution in [1.82, 2.24) is 0 Å². The van der Waals surface area contributed by atoms with Gasteiger partial charge in [0.25, 0.3) is 5.91 Å². The molecule has 0 aliphatic heterocycles. The first-order valence-electron chi connectivity index (χ1n) is 7.60. The van der Waals surface area contributed by atoms with Crippen LogP contribution in [0.5, 0.6) is 0 Å². The Morgan fingerprint density at radius 3 is 2.45 bits per heavy atom. The molecule has 4 heteroatoms. The average molecular weight is 298 g/mol. The van der Waals surface area contributed by atoms with Crippen molar-refractivity contribution in [2.75, 3.05) is 11.1 Å². The molecule has 0 aromatic heterocycles. The quantitative estimate of drug-likeness (QED) is 0.829. The third-order valence-electron chi connectivity index (χ3n) is 4.23. The molecule has 1 saturated carbocycles. The number of rotatable bonds is 3. The van der Waals surface area contributed by atoms with E-state index in [0.29, 0.717) is 17.3 Å². The molecule has 0 heterocycles. The first-order chi connectivity index (χ1) is 10.6. The van der Waals surface area contributed by atoms with Crippen LogP contribution in [0.1, 0.15) is 47.5 Å². The molecule has 0 unspecified atom stereocenters. The highest BCUT2D eigenvalue weighted by Crippen LogP contribution is 2.34. The second-order valence-corrected chi connectivity index (χ2v) is 5.80. The number of halogens is 1. The van der Waals surface area contributed by atoms with Crippen molar-refractivity contribution in [2.24, 2.45) is 0 Å². The van der Waals surface area contributed by atoms with E-state index in [-0.39, 0.29) is 5.56 Å². The van der Waals surface area contributed by atoms with E-state index < -0.39 is 11.7 Å². The number of nitrogens with one attached hydrogen (secondary N) is 1. The molecule has 114 valence electrons. The van der Waals surface area contributed by atoms with Crippen LogP contribution in [0.4, 0.5) is 15.8 Å². The maximum atomic E-state index is 13.7. The minimum Gasteiger partial charge on any atom is -0.399 e. The summed E-state index contributed by atoms with van der Waals surface area (Å²) < 4.78 is 13.7. The van der Waals surface area contributed by atoms with Gasteiger partial charge in [-0.25, -0.2) is 4.39 Å². The lowest BCUT2D eigenvalue weighted by molar-refractivity contribution is 0.102. The molecule has 1 fully saturated rings. The Labute approximate surface area is 129 Å². The molecule has 0 bridgehead atoms. The monoisotopic (exact) mass is 298 g/mol. The topological polar surface area (TPSA) is 55.1 Å². The summed E-state index contributed by atoms with van der Waals surface area (Å²) in [6.45, 7) is 0. The molecular formula is C18H19FN2O. The maximum Gasteiger partial charge on any atom is 0.258 e. The Hall–Kier alpha value is -2.36. The molecule has 0 saturated heterocycles. The Morgan fingerprint density at radius 2 is 1.77 bits per heavy atom. The smallest absolute Gasteiger partial charge is 0.258 e. The van der Waals surface area contributed by atoms with Gasteiger partial charge in [0.15, 0.2) is 0 Å². The minimum absolute atomic E-state index is 0.0418. The van der Waals surface area contributed by atoms with Gasteiger partial charge in [-0.3, -0.25) is 4.79 Å². The average Bonchev–Trinajstić information content (AvgIpc) is 3.05. The Balaban J connectivity index is 1.72. The van der Waals surface area contributed by atoms with Crippen LogP contribution >= 0.6 is 0 Å². The second kappa shape index (κ2) is 6.18. The summed E-state index contributed by atoms with van der Waals surface area (Å²) in [5.41, 5.74) is 7.90. The van der Waals surface area contributed by atoms with E-state index in [1.807, 2.05) is 24.3 Å². The number of carbonyl (C=O) groups is 1. The van der Waals surface area contributed by atoms with Crippen LogP contribution in [0.25, 0.3) is 0 Å². The van der Waals surface area contributed by atoms with Crippen LogP contribution in [0.15, 0.2) is 42.5 Å². The van der Waals surface area contributed by atoms with E-state index in [1.165, 1.54) is 49.4 Å². The summed E-state index contributed by atoms with van der Waals surface area (Å²) in [6.07, 6.45) is 5.05. The zero-order chi connectivity index (χ0) is 15.5. The highest BCUT2D eigenvalue weighted by molar-refractivity contribution is 6.04. The SMILES string of the molecule is Nc1ccc(F)c(C(=O)Nc2ccc(C3CCCC3)cc2)c1. The number of anilines is 2. The van der Waals surface area contributed by atoms with E-state index in [9.17, 15) is 9.18 Å². The Kier molecular flexibility index (Phi) is 4.09. The van der Waals surface area contributed by atoms with Crippen molar-refractivity contribution < 1.29 is 9.18 Å². The van der Waals surface area contributed by atoms with Crippen molar-refractivity contribution in [3.63, 3.8) is 0 Å². The minimum atomic E-state index is -0.575. The molecule has 3 nitrogen and oxygen atoms in total. The first-order valence-corrected chi connectivity index (χ1v) is 7.60. The van der Waals surface area contributed by atoms with E-state index in [2.05, 4.69) is 5.32 Å². The van der Waals surface area contributed by atoms with Crippen molar-refractivity contribution >= 4 is 17.3 Å². The largest absolute Gasteiger partial charge is 0.399 e. The van der Waals surface area contributed by atoms with E-state index in [0.717, 1.165) is 0 Å². The van der Waals surface area contributed by atoms with Gasteiger partial charge in [-0.2, -0.15) is 0 Å². The van der Waals surface area contributed by atoms with Gasteiger partial charge in [0.1, 0.15) is 5.82 Å². The number of hydrogen-bond acceptors (Lipinski definition) is 2. The molecule has 0 radical (unpaired) electrons. The number of benzene rings is 2. The fraction of sp³-hybridized carbons (Fsp3) is 0.278. The van der Waals surface area contributed by atoms with Crippen molar-refractivity contribution in [2.45, 2.75) is 31.6 Å². The van der Waals surface area contributed by atoms with Gasteiger partial charge >= 0.3 is 0 Å². The van der Waals surface area contributed by atoms with Crippen molar-refractivity contribution in [1.29, 1.82) is 0 Å². The number of carbonyl (C=O) groups excluding carboxylic acids is 1. The highest BCUT2D eigenvalue weighted by atomic mass is 19.1. The lowest BCUT2D eigenvalue weighted by Crippen LogP contribution is -2.14. The van der Waals surface area contributed by atoms with E-state index in [1.54, 1.807) is 0 Å². The summed E-state index contributed by atoms with van der Waals surface area (Å²) >= 11 is 0. The first kappa shape index (κ1) is 14.6. The van der Waals surface area contributed by atoms with E-state index >= 15 is 0 Å². The van der Waals surface area contributed by atoms with Crippen molar-refractivity contribution in [3.8, 4) is 0 Å². The van der Waals surface area contributed by atoms with Crippen LogP contribution in [-0.2, 0) is 0 Å². The van der Waals surface area contributed by atoms with Crippen molar-refractivity contribution in [3.05, 3.63) is 59.4 Å². The number of nitrogen functional groups attached to an aromatic ring is 1. The van der Waals surface area contributed by atoms with Crippen LogP contribution in [0, 0.1) is 5.82 Å². The molecule has 22 heavy (non-hydrogen) atoms. The standard InChI is InChI=1S/C18H19FN2O/c19-17-10-7-14(20)11-16(17)18(22)21-15-8-5-13(6-9-15)12-3-1-2-4-12/h5-12H,1-4,20H2,(H,21,22). The summed E-state index contributed by atoms with van der Waals surface area (Å²) in [7, 11) is 0. The van der Waals surface area contributed by atoms with Gasteiger partial charge in [-0.1, -0.05) is 25.0 Å². The summed E-state index contributed by atoms with van der Waals surface area (Å²) in [5.74, 6) is -0.427. The molecule has 1 aliphatic carbocycles. The third kappa shape index (κ3) is 3.11. The number of hydrogen-bond donors (Lipinski definition) is 2. The molecule has 0 atom stereocenters. The van der Waals surface area contributed by atoms with Crippen LogP contribution in [0.2, 0.25) is 0 Å². The molecule has 1 amide bonds. The number of nitrogens with two attached hydrogens (primary N) is 1. The molecule has 3 N–H and O–H groups in total. The summed E-state index contributed by atoms with van der Waals surface area (Å²) in [5, 5.41) is 2.71. The predicted molar refractivity (Wildman–Crippen MR) is 86.4 cm³/mol. The Bertz CT molecular complexity index is 676. The summed E-state index contributed by atoms with van der Waals surface area (Å²) in [4.78, 5) is 12.1. The molecule has 3 rings (SSSR count). The number of amides is 1. The normalized spacial score (nSPS) is 15.0. The molecule has 2 aromatic carbocycles. The lowest BCUT2D eigenvalue weighted by atomic mass is 9.97. The fourth-order valence-electron chi connectivity index (χ4n) is 3.01. The Morgan fingerprint density at radius 1 is 1.09 bits per heavy atom. The van der Waals surface area contributed by atoms with Crippen LogP contribution in [0.3, 0.4) is 0 Å². The molecule has 2 aromatic rings. The van der Waals surface area contributed by atoms with Crippen LogP contribution in [-0.4, -0.2) is 5.91 Å². The van der Waals surface area contributed by atoms with E-state index in [4.69, 9.17) is 5.73 Å². The zero-order valence-corrected chi connectivity index (χ0v) is 12.3. The molecule has 1 aliphatic rings. The van der Waals surface area contributed by atoms with Gasteiger partial charge < -0.3 is 11.1 Å². The predicted octanol–water partition coefficient (Wildman–Crippen LogP) is 4.32. The van der Waals surface area contributed by atoms with Gasteiger partial charge in [0.2, 0.25) is 0 Å². The highest BCUT2D eigenvalue weighted by Gasteiger charge is 2.17.